The Balaban J connectivity index is 0.000000351. The Morgan fingerprint density at radius 2 is 1.38 bits per heavy atom. The third-order valence-electron chi connectivity index (χ3n) is 3.14. The second-order valence-corrected chi connectivity index (χ2v) is 7.22. The smallest absolute Gasteiger partial charge is 0.205 e. The van der Waals surface area contributed by atoms with Crippen LogP contribution in [0.15, 0.2) is 45.4 Å². The van der Waals surface area contributed by atoms with Gasteiger partial charge in [0.1, 0.15) is 21.9 Å². The molecular formula is C16H6CuN4O2S3. The number of hydrogen-bond donors (Lipinski definition) is 0. The number of rotatable bonds is 0. The van der Waals surface area contributed by atoms with Crippen molar-refractivity contribution in [1.29, 1.82) is 10.5 Å². The van der Waals surface area contributed by atoms with Crippen molar-refractivity contribution in [2.45, 2.75) is 0 Å². The van der Waals surface area contributed by atoms with E-state index in [1.165, 1.54) is 11.5 Å². The normalized spacial score (nSPS) is 9.46. The van der Waals surface area contributed by atoms with Crippen LogP contribution in [0.5, 0.6) is 0 Å². The summed E-state index contributed by atoms with van der Waals surface area (Å²) in [5, 5.41) is 24.0. The molecule has 1 aliphatic carbocycles. The van der Waals surface area contributed by atoms with Crippen LogP contribution in [0.1, 0.15) is 9.75 Å². The number of aromatic nitrogens is 2. The average molecular weight is 446 g/mol. The first-order chi connectivity index (χ1) is 12.2. The van der Waals surface area contributed by atoms with E-state index in [0.717, 1.165) is 22.7 Å². The second-order valence-electron chi connectivity index (χ2n) is 4.54. The number of hydrogen-bond acceptors (Lipinski definition) is 9. The number of benzene rings is 1. The van der Waals surface area contributed by atoms with E-state index in [1.54, 1.807) is 30.5 Å². The zero-order valence-corrected chi connectivity index (χ0v) is 16.0. The van der Waals surface area contributed by atoms with Crippen LogP contribution in [0.4, 0.5) is 0 Å². The molecule has 0 unspecified atom stereocenters. The van der Waals surface area contributed by atoms with Crippen molar-refractivity contribution in [3.05, 3.63) is 75.1 Å². The van der Waals surface area contributed by atoms with Crippen LogP contribution < -0.4 is 10.9 Å². The Morgan fingerprint density at radius 3 is 1.69 bits per heavy atom. The van der Waals surface area contributed by atoms with E-state index in [1.807, 2.05) is 17.5 Å². The van der Waals surface area contributed by atoms with Gasteiger partial charge in [0.2, 0.25) is 10.9 Å². The summed E-state index contributed by atoms with van der Waals surface area (Å²) in [5.74, 6) is 0. The van der Waals surface area contributed by atoms with E-state index < -0.39 is 0 Å². The molecular weight excluding hydrogens is 440 g/mol. The molecule has 0 spiro atoms. The summed E-state index contributed by atoms with van der Waals surface area (Å²) in [6, 6.07) is 10.4. The van der Waals surface area contributed by atoms with Crippen molar-refractivity contribution in [3.8, 4) is 12.1 Å². The monoisotopic (exact) mass is 445 g/mol. The summed E-state index contributed by atoms with van der Waals surface area (Å²) >= 11 is 3.17. The molecule has 2 aliphatic rings. The minimum atomic E-state index is -0.266. The number of nitriles is 2. The zero-order valence-electron chi connectivity index (χ0n) is 12.6. The molecule has 0 atom stereocenters. The third kappa shape index (κ3) is 3.70. The van der Waals surface area contributed by atoms with E-state index in [0.29, 0.717) is 10.8 Å². The van der Waals surface area contributed by atoms with Gasteiger partial charge in [0.15, 0.2) is 0 Å². The molecule has 0 saturated carbocycles. The van der Waals surface area contributed by atoms with Crippen molar-refractivity contribution in [3.63, 3.8) is 0 Å². The molecule has 0 fully saturated rings. The maximum atomic E-state index is 12.4. The molecule has 0 saturated heterocycles. The van der Waals surface area contributed by atoms with E-state index in [4.69, 9.17) is 10.5 Å². The summed E-state index contributed by atoms with van der Waals surface area (Å²) in [6.45, 7) is 0. The van der Waals surface area contributed by atoms with Crippen LogP contribution in [0.2, 0.25) is 0 Å². The van der Waals surface area contributed by atoms with Gasteiger partial charge in [-0.15, -0.1) is 27.8 Å². The first-order valence-electron chi connectivity index (χ1n) is 6.71. The van der Waals surface area contributed by atoms with E-state index in [9.17, 15) is 9.59 Å². The minimum absolute atomic E-state index is 0. The fourth-order valence-electron chi connectivity index (χ4n) is 2.10. The van der Waals surface area contributed by atoms with Crippen molar-refractivity contribution >= 4 is 45.0 Å². The summed E-state index contributed by atoms with van der Waals surface area (Å²) in [7, 11) is 0. The van der Waals surface area contributed by atoms with Crippen molar-refractivity contribution in [1.82, 2.24) is 9.59 Å². The molecule has 1 aromatic carbocycles. The Morgan fingerprint density at radius 1 is 0.885 bits per heavy atom. The molecule has 1 radical (unpaired) electrons. The molecule has 2 aromatic rings. The quantitative estimate of drug-likeness (QED) is 0.385. The maximum Gasteiger partial charge on any atom is 0.205 e. The summed E-state index contributed by atoms with van der Waals surface area (Å²) < 4.78 is 4.00. The number of nitrogens with zero attached hydrogens (tertiary/aromatic N) is 4. The van der Waals surface area contributed by atoms with Crippen LogP contribution in [0.3, 0.4) is 0 Å². The molecule has 0 bridgehead atoms. The maximum absolute atomic E-state index is 12.4. The van der Waals surface area contributed by atoms with Crippen molar-refractivity contribution < 1.29 is 17.1 Å². The third-order valence-corrected chi connectivity index (χ3v) is 6.01. The van der Waals surface area contributed by atoms with E-state index in [-0.39, 0.29) is 46.7 Å². The Bertz CT molecular complexity index is 1210. The minimum Gasteiger partial charge on any atom is -0.288 e. The average Bonchev–Trinajstić information content (AvgIpc) is 3.25. The molecule has 4 rings (SSSR count). The van der Waals surface area contributed by atoms with Crippen LogP contribution in [-0.2, 0) is 17.1 Å². The van der Waals surface area contributed by atoms with Gasteiger partial charge in [-0.1, -0.05) is 28.8 Å². The fraction of sp³-hybridized carbons (Fsp3) is 0. The van der Waals surface area contributed by atoms with E-state index in [2.05, 4.69) is 9.59 Å². The van der Waals surface area contributed by atoms with Gasteiger partial charge >= 0.3 is 0 Å². The molecule has 0 N–H and O–H groups in total. The molecule has 1 aliphatic heterocycles. The molecule has 0 amide bonds. The van der Waals surface area contributed by atoms with Crippen LogP contribution in [0, 0.1) is 31.7 Å². The largest absolute Gasteiger partial charge is 0.288 e. The zero-order chi connectivity index (χ0) is 17.8. The van der Waals surface area contributed by atoms with Crippen LogP contribution in [0.25, 0.3) is 10.8 Å². The molecule has 26 heavy (non-hydrogen) atoms. The Labute approximate surface area is 168 Å². The predicted molar refractivity (Wildman–Crippen MR) is 96.9 cm³/mol. The molecule has 6 nitrogen and oxygen atoms in total. The van der Waals surface area contributed by atoms with Gasteiger partial charge in [-0.2, -0.15) is 10.5 Å². The van der Waals surface area contributed by atoms with Gasteiger partial charge in [0.05, 0.1) is 15.3 Å². The SMILES string of the molecule is N#Cc1sc2c(=O)c3ccccc3c(=O)c=2sc1C#N.[Cu].c1csnn1. The van der Waals surface area contributed by atoms with E-state index >= 15 is 0 Å². The second kappa shape index (κ2) is 8.77. The molecule has 131 valence electrons. The first-order valence-corrected chi connectivity index (χ1v) is 9.18. The predicted octanol–water partition coefficient (Wildman–Crippen LogP) is 2.69. The standard InChI is InChI=1S/C14H4N2O2S2.C2H2N2S.Cu/c15-5-9-10(6-16)20-14-12(18)8-4-2-1-3-7(8)11(17)13(14)19-9;1-2-5-4-3-1;/h1-4H;1-2H;. The molecule has 2 heterocycles. The fourth-order valence-corrected chi connectivity index (χ4v) is 4.42. The first kappa shape index (κ1) is 19.9. The topological polar surface area (TPSA) is 108 Å². The van der Waals surface area contributed by atoms with Crippen molar-refractivity contribution in [2.75, 3.05) is 0 Å². The summed E-state index contributed by atoms with van der Waals surface area (Å²) in [6.07, 6.45) is 1.66. The van der Waals surface area contributed by atoms with Gasteiger partial charge in [0.25, 0.3) is 0 Å². The van der Waals surface area contributed by atoms with Gasteiger partial charge < -0.3 is 0 Å². The Hall–Kier alpha value is -2.46. The Kier molecular flexibility index (Phi) is 6.70. The summed E-state index contributed by atoms with van der Waals surface area (Å²) in [4.78, 5) is 25.1. The van der Waals surface area contributed by atoms with Gasteiger partial charge in [0, 0.05) is 33.2 Å². The summed E-state index contributed by atoms with van der Waals surface area (Å²) in [5.41, 5.74) is -0.533. The van der Waals surface area contributed by atoms with Gasteiger partial charge in [-0.05, 0) is 11.5 Å². The molecule has 10 heteroatoms. The van der Waals surface area contributed by atoms with Crippen LogP contribution in [-0.4, -0.2) is 9.59 Å². The van der Waals surface area contributed by atoms with Gasteiger partial charge in [-0.3, -0.25) is 9.59 Å². The van der Waals surface area contributed by atoms with Crippen molar-refractivity contribution in [2.24, 2.45) is 0 Å². The van der Waals surface area contributed by atoms with Crippen LogP contribution >= 0.6 is 34.2 Å². The van der Waals surface area contributed by atoms with Gasteiger partial charge in [-0.25, -0.2) is 0 Å². The number of fused-ring (bicyclic) bond motifs is 1. The molecule has 1 aromatic heterocycles.